The highest BCUT2D eigenvalue weighted by molar-refractivity contribution is 5.27. The van der Waals surface area contributed by atoms with Crippen molar-refractivity contribution in [3.8, 4) is 5.75 Å². The maximum Gasteiger partial charge on any atom is 0.422 e. The number of nitrogens with one attached hydrogen (secondary N) is 1. The lowest BCUT2D eigenvalue weighted by atomic mass is 10.0. The molecule has 1 heterocycles. The summed E-state index contributed by atoms with van der Waals surface area (Å²) < 4.78 is 40.9. The van der Waals surface area contributed by atoms with Crippen LogP contribution in [0.2, 0.25) is 0 Å². The normalized spacial score (nSPS) is 19.5. The first-order chi connectivity index (χ1) is 9.73. The van der Waals surface area contributed by atoms with Gasteiger partial charge in [-0.2, -0.15) is 13.2 Å². The maximum absolute atomic E-state index is 12.1. The zero-order valence-electron chi connectivity index (χ0n) is 12.3. The van der Waals surface area contributed by atoms with E-state index in [0.717, 1.165) is 31.7 Å². The summed E-state index contributed by atoms with van der Waals surface area (Å²) >= 11 is 0. The lowest BCUT2D eigenvalue weighted by Crippen LogP contribution is -2.56. The predicted molar refractivity (Wildman–Crippen MR) is 75.4 cm³/mol. The van der Waals surface area contributed by atoms with Crippen LogP contribution < -0.4 is 10.1 Å². The van der Waals surface area contributed by atoms with Crippen LogP contribution in [-0.4, -0.2) is 42.9 Å². The second kappa shape index (κ2) is 6.23. The number of halogens is 3. The van der Waals surface area contributed by atoms with Crippen molar-refractivity contribution in [3.63, 3.8) is 0 Å². The average molecular weight is 302 g/mol. The number of benzene rings is 1. The molecule has 0 bridgehead atoms. The third-order valence-corrected chi connectivity index (χ3v) is 3.38. The van der Waals surface area contributed by atoms with Crippen LogP contribution in [0, 0.1) is 0 Å². The molecule has 1 aromatic rings. The summed E-state index contributed by atoms with van der Waals surface area (Å²) in [5, 5.41) is 3.45. The van der Waals surface area contributed by atoms with E-state index in [9.17, 15) is 13.2 Å². The monoisotopic (exact) mass is 302 g/mol. The van der Waals surface area contributed by atoms with Crippen LogP contribution in [0.3, 0.4) is 0 Å². The fourth-order valence-electron chi connectivity index (χ4n) is 2.50. The zero-order valence-corrected chi connectivity index (χ0v) is 12.3. The molecular formula is C15H21F3N2O. The minimum absolute atomic E-state index is 0.0913. The number of alkyl halides is 3. The topological polar surface area (TPSA) is 24.5 Å². The molecule has 3 nitrogen and oxygen atoms in total. The second-order valence-corrected chi connectivity index (χ2v) is 6.07. The van der Waals surface area contributed by atoms with Crippen molar-refractivity contribution in [3.05, 3.63) is 29.8 Å². The largest absolute Gasteiger partial charge is 0.484 e. The summed E-state index contributed by atoms with van der Waals surface area (Å²) in [5.74, 6) is 0.247. The molecule has 1 saturated heterocycles. The maximum atomic E-state index is 12.1. The fraction of sp³-hybridized carbons (Fsp3) is 0.600. The van der Waals surface area contributed by atoms with Gasteiger partial charge in [0.15, 0.2) is 6.61 Å². The van der Waals surface area contributed by atoms with E-state index in [1.165, 1.54) is 0 Å². The van der Waals surface area contributed by atoms with E-state index in [0.29, 0.717) is 0 Å². The lowest BCUT2D eigenvalue weighted by Gasteiger charge is -2.39. The van der Waals surface area contributed by atoms with Crippen LogP contribution in [0.1, 0.15) is 19.4 Å². The molecule has 21 heavy (non-hydrogen) atoms. The molecule has 1 fully saturated rings. The smallest absolute Gasteiger partial charge is 0.422 e. The summed E-state index contributed by atoms with van der Waals surface area (Å²) in [6, 6.07) is 6.82. The Hall–Kier alpha value is -1.27. The molecule has 0 saturated carbocycles. The molecule has 0 atom stereocenters. The van der Waals surface area contributed by atoms with E-state index in [2.05, 4.69) is 24.1 Å². The van der Waals surface area contributed by atoms with E-state index in [-0.39, 0.29) is 11.3 Å². The van der Waals surface area contributed by atoms with Crippen LogP contribution in [0.25, 0.3) is 0 Å². The van der Waals surface area contributed by atoms with Crippen molar-refractivity contribution in [1.29, 1.82) is 0 Å². The molecule has 0 aliphatic carbocycles. The molecule has 0 unspecified atom stereocenters. The molecule has 2 rings (SSSR count). The van der Waals surface area contributed by atoms with E-state index in [1.54, 1.807) is 12.1 Å². The molecule has 0 spiro atoms. The van der Waals surface area contributed by atoms with Gasteiger partial charge in [-0.15, -0.1) is 0 Å². The lowest BCUT2D eigenvalue weighted by molar-refractivity contribution is -0.153. The predicted octanol–water partition coefficient (Wildman–Crippen LogP) is 2.81. The van der Waals surface area contributed by atoms with Gasteiger partial charge in [-0.05, 0) is 31.5 Å². The molecule has 1 N–H and O–H groups in total. The van der Waals surface area contributed by atoms with Crippen molar-refractivity contribution in [2.45, 2.75) is 32.1 Å². The van der Waals surface area contributed by atoms with Gasteiger partial charge in [-0.25, -0.2) is 0 Å². The Labute approximate surface area is 123 Å². The molecule has 6 heteroatoms. The van der Waals surface area contributed by atoms with Gasteiger partial charge in [-0.3, -0.25) is 4.90 Å². The van der Waals surface area contributed by atoms with Gasteiger partial charge in [0.1, 0.15) is 5.75 Å². The Kier molecular flexibility index (Phi) is 4.78. The zero-order chi connectivity index (χ0) is 15.5. The van der Waals surface area contributed by atoms with Crippen LogP contribution in [0.15, 0.2) is 24.3 Å². The van der Waals surface area contributed by atoms with Gasteiger partial charge in [0, 0.05) is 31.7 Å². The van der Waals surface area contributed by atoms with Crippen molar-refractivity contribution in [2.24, 2.45) is 0 Å². The molecule has 0 aromatic heterocycles. The number of piperazine rings is 1. The van der Waals surface area contributed by atoms with Gasteiger partial charge in [0.05, 0.1) is 0 Å². The Morgan fingerprint density at radius 2 is 1.90 bits per heavy atom. The first kappa shape index (κ1) is 16.1. The van der Waals surface area contributed by atoms with E-state index < -0.39 is 12.8 Å². The molecule has 0 amide bonds. The Balaban J connectivity index is 1.87. The molecular weight excluding hydrogens is 281 g/mol. The summed E-state index contributed by atoms with van der Waals surface area (Å²) in [6.07, 6.45) is -4.30. The Bertz CT molecular complexity index is 457. The summed E-state index contributed by atoms with van der Waals surface area (Å²) in [6.45, 7) is 6.72. The van der Waals surface area contributed by atoms with E-state index in [4.69, 9.17) is 4.74 Å². The van der Waals surface area contributed by atoms with Gasteiger partial charge in [0.25, 0.3) is 0 Å². The third kappa shape index (κ3) is 5.55. The molecule has 0 radical (unpaired) electrons. The SMILES string of the molecule is CC1(C)CN(Cc2ccc(OCC(F)(F)F)cc2)CCN1. The Morgan fingerprint density at radius 1 is 1.24 bits per heavy atom. The summed E-state index contributed by atoms with van der Waals surface area (Å²) in [4.78, 5) is 2.34. The number of hydrogen-bond acceptors (Lipinski definition) is 3. The molecule has 1 aliphatic rings. The van der Waals surface area contributed by atoms with Crippen molar-refractivity contribution >= 4 is 0 Å². The highest BCUT2D eigenvalue weighted by Gasteiger charge is 2.28. The number of rotatable bonds is 4. The van der Waals surface area contributed by atoms with E-state index in [1.807, 2.05) is 12.1 Å². The minimum Gasteiger partial charge on any atom is -0.484 e. The first-order valence-corrected chi connectivity index (χ1v) is 6.99. The highest BCUT2D eigenvalue weighted by atomic mass is 19.4. The standard InChI is InChI=1S/C15H21F3N2O/c1-14(2)10-20(8-7-19-14)9-12-3-5-13(6-4-12)21-11-15(16,17)18/h3-6,19H,7-11H2,1-2H3. The summed E-state index contributed by atoms with van der Waals surface area (Å²) in [5.41, 5.74) is 1.17. The fourth-order valence-corrected chi connectivity index (χ4v) is 2.50. The number of hydrogen-bond donors (Lipinski definition) is 1. The van der Waals surface area contributed by atoms with Crippen molar-refractivity contribution in [2.75, 3.05) is 26.2 Å². The van der Waals surface area contributed by atoms with Gasteiger partial charge in [0.2, 0.25) is 0 Å². The highest BCUT2D eigenvalue weighted by Crippen LogP contribution is 2.20. The quantitative estimate of drug-likeness (QED) is 0.925. The number of nitrogens with zero attached hydrogens (tertiary/aromatic N) is 1. The van der Waals surface area contributed by atoms with Crippen LogP contribution in [0.4, 0.5) is 13.2 Å². The average Bonchev–Trinajstić information content (AvgIpc) is 2.36. The third-order valence-electron chi connectivity index (χ3n) is 3.38. The second-order valence-electron chi connectivity index (χ2n) is 6.07. The Morgan fingerprint density at radius 3 is 2.48 bits per heavy atom. The van der Waals surface area contributed by atoms with E-state index >= 15 is 0 Å². The molecule has 1 aliphatic heterocycles. The molecule has 1 aromatic carbocycles. The molecule has 118 valence electrons. The van der Waals surface area contributed by atoms with Crippen molar-refractivity contribution < 1.29 is 17.9 Å². The van der Waals surface area contributed by atoms with Gasteiger partial charge in [-0.1, -0.05) is 12.1 Å². The number of ether oxygens (including phenoxy) is 1. The van der Waals surface area contributed by atoms with Crippen LogP contribution in [-0.2, 0) is 6.54 Å². The first-order valence-electron chi connectivity index (χ1n) is 6.99. The summed E-state index contributed by atoms with van der Waals surface area (Å²) in [7, 11) is 0. The van der Waals surface area contributed by atoms with Gasteiger partial charge >= 0.3 is 6.18 Å². The van der Waals surface area contributed by atoms with Crippen LogP contribution >= 0.6 is 0 Å². The van der Waals surface area contributed by atoms with Gasteiger partial charge < -0.3 is 10.1 Å². The van der Waals surface area contributed by atoms with Crippen molar-refractivity contribution in [1.82, 2.24) is 10.2 Å². The minimum atomic E-state index is -4.30. The van der Waals surface area contributed by atoms with Crippen LogP contribution in [0.5, 0.6) is 5.75 Å².